The van der Waals surface area contributed by atoms with E-state index in [0.717, 1.165) is 5.56 Å². The summed E-state index contributed by atoms with van der Waals surface area (Å²) in [5.41, 5.74) is 1.98. The molecule has 8 heteroatoms. The molecule has 5 atom stereocenters. The van der Waals surface area contributed by atoms with E-state index in [2.05, 4.69) is 62.0 Å². The van der Waals surface area contributed by atoms with Gasteiger partial charge in [0, 0.05) is 5.56 Å². The van der Waals surface area contributed by atoms with Crippen LogP contribution in [-0.4, -0.2) is 48.1 Å². The lowest BCUT2D eigenvalue weighted by atomic mass is 9.97. The van der Waals surface area contributed by atoms with Gasteiger partial charge in [0.1, 0.15) is 24.1 Å². The Morgan fingerprint density at radius 1 is 0.794 bits per heavy atom. The Kier molecular flexibility index (Phi) is 7.52. The fraction of sp³-hybridized carbons (Fsp3) is 0.692. The lowest BCUT2D eigenvalue weighted by Gasteiger charge is -2.48. The van der Waals surface area contributed by atoms with Crippen LogP contribution >= 0.6 is 0 Å². The minimum absolute atomic E-state index is 0.248. The van der Waals surface area contributed by atoms with E-state index in [1.165, 1.54) is 0 Å². The lowest BCUT2D eigenvalue weighted by molar-refractivity contribution is -0.297. The number of rotatable bonds is 5. The van der Waals surface area contributed by atoms with Crippen molar-refractivity contribution in [3.63, 3.8) is 0 Å². The van der Waals surface area contributed by atoms with Crippen molar-refractivity contribution in [1.82, 2.24) is 0 Å². The van der Waals surface area contributed by atoms with Crippen LogP contribution in [0, 0.1) is 0 Å². The molecular formula is C26H42O6Si2. The molecule has 4 rings (SSSR count). The molecule has 0 N–H and O–H groups in total. The van der Waals surface area contributed by atoms with Crippen molar-refractivity contribution in [3.05, 3.63) is 48.2 Å². The quantitative estimate of drug-likeness (QED) is 0.435. The first-order chi connectivity index (χ1) is 16.0. The van der Waals surface area contributed by atoms with E-state index in [9.17, 15) is 0 Å². The molecule has 0 spiro atoms. The van der Waals surface area contributed by atoms with Crippen molar-refractivity contribution in [1.29, 1.82) is 0 Å². The molecule has 0 unspecified atom stereocenters. The van der Waals surface area contributed by atoms with Gasteiger partial charge in [-0.15, -0.1) is 0 Å². The molecule has 34 heavy (non-hydrogen) atoms. The highest BCUT2D eigenvalue weighted by molar-refractivity contribution is 6.84. The van der Waals surface area contributed by atoms with E-state index in [0.29, 0.717) is 12.4 Å². The monoisotopic (exact) mass is 506 g/mol. The molecule has 1 aromatic carbocycles. The molecular weight excluding hydrogens is 464 g/mol. The summed E-state index contributed by atoms with van der Waals surface area (Å²) in [5.74, 6) is 0.593. The molecule has 3 heterocycles. The summed E-state index contributed by atoms with van der Waals surface area (Å²) < 4.78 is 40.5. The smallest absolute Gasteiger partial charge is 0.335 e. The van der Waals surface area contributed by atoms with Crippen molar-refractivity contribution >= 4 is 17.1 Å². The second-order valence-corrected chi connectivity index (χ2v) is 19.9. The fourth-order valence-electron chi connectivity index (χ4n) is 5.66. The van der Waals surface area contributed by atoms with Gasteiger partial charge in [0.25, 0.3) is 0 Å². The molecule has 0 bridgehead atoms. The highest BCUT2D eigenvalue weighted by Crippen LogP contribution is 2.51. The fourth-order valence-corrected chi connectivity index (χ4v) is 16.9. The summed E-state index contributed by atoms with van der Waals surface area (Å²) >= 11 is 0. The molecule has 3 saturated heterocycles. The van der Waals surface area contributed by atoms with Crippen LogP contribution in [0.15, 0.2) is 42.7 Å². The molecule has 0 aromatic heterocycles. The van der Waals surface area contributed by atoms with Crippen LogP contribution in [0.5, 0.6) is 0 Å². The van der Waals surface area contributed by atoms with Gasteiger partial charge in [-0.3, -0.25) is 0 Å². The highest BCUT2D eigenvalue weighted by Gasteiger charge is 2.64. The predicted octanol–water partition coefficient (Wildman–Crippen LogP) is 6.34. The van der Waals surface area contributed by atoms with E-state index in [4.69, 9.17) is 27.2 Å². The predicted molar refractivity (Wildman–Crippen MR) is 137 cm³/mol. The largest absolute Gasteiger partial charge is 0.487 e. The minimum Gasteiger partial charge on any atom is -0.487 e. The summed E-state index contributed by atoms with van der Waals surface area (Å²) in [6, 6.07) is 10.0. The number of hydrogen-bond donors (Lipinski definition) is 0. The molecule has 6 nitrogen and oxygen atoms in total. The normalized spacial score (nSPS) is 32.9. The first-order valence-electron chi connectivity index (χ1n) is 12.7. The van der Waals surface area contributed by atoms with Crippen LogP contribution in [0.1, 0.15) is 67.2 Å². The van der Waals surface area contributed by atoms with Crippen LogP contribution < -0.4 is 0 Å². The van der Waals surface area contributed by atoms with E-state index in [-0.39, 0.29) is 40.5 Å². The van der Waals surface area contributed by atoms with Gasteiger partial charge in [-0.2, -0.15) is 0 Å². The van der Waals surface area contributed by atoms with Crippen LogP contribution in [0.2, 0.25) is 22.2 Å². The number of hydrogen-bond acceptors (Lipinski definition) is 6. The Morgan fingerprint density at radius 3 is 1.91 bits per heavy atom. The maximum absolute atomic E-state index is 7.31. The summed E-state index contributed by atoms with van der Waals surface area (Å²) in [6.07, 6.45) is -1.90. The summed E-state index contributed by atoms with van der Waals surface area (Å²) in [6.45, 7) is 22.5. The van der Waals surface area contributed by atoms with Crippen LogP contribution in [-0.2, 0) is 27.2 Å². The molecule has 190 valence electrons. The Morgan fingerprint density at radius 2 is 1.35 bits per heavy atom. The Balaban J connectivity index is 1.78. The van der Waals surface area contributed by atoms with Gasteiger partial charge in [0.05, 0.1) is 6.61 Å². The van der Waals surface area contributed by atoms with Gasteiger partial charge in [0.2, 0.25) is 0 Å². The Labute approximate surface area is 207 Å². The molecule has 3 aliphatic rings. The first kappa shape index (κ1) is 26.1. The van der Waals surface area contributed by atoms with Crippen LogP contribution in [0.3, 0.4) is 0 Å². The van der Waals surface area contributed by atoms with Gasteiger partial charge >= 0.3 is 17.1 Å². The van der Waals surface area contributed by atoms with Crippen molar-refractivity contribution in [2.24, 2.45) is 0 Å². The SMILES string of the molecule is C=C1O[C@@H]2CO[C@@H](c3ccccc3)O[C@H]2[C@@H]2O[Si](C(C)C)(C(C)C)O[Si](C(C)C)(C(C)C)O[C@@H]12. The second kappa shape index (κ2) is 9.80. The molecule has 0 radical (unpaired) electrons. The third-order valence-electron chi connectivity index (χ3n) is 7.54. The standard InChI is InChI=1S/C26H42O6Si2/c1-16(2)33(17(3)4)30-23-20(9)28-22-15-27-26(21-13-11-10-12-14-21)29-24(22)25(23)31-34(32-33,18(5)6)19(7)8/h10-14,16-19,22-26H,9,15H2,1-8H3/t22-,23+,24-,25-,26-/m1/s1. The average Bonchev–Trinajstić information content (AvgIpc) is 2.97. The summed E-state index contributed by atoms with van der Waals surface area (Å²) in [5, 5.41) is 0. The Hall–Kier alpha value is -1.01. The van der Waals surface area contributed by atoms with E-state index >= 15 is 0 Å². The van der Waals surface area contributed by atoms with Crippen molar-refractivity contribution < 1.29 is 27.2 Å². The number of fused-ring (bicyclic) bond motifs is 3. The molecule has 1 aromatic rings. The maximum atomic E-state index is 7.31. The third kappa shape index (κ3) is 4.36. The van der Waals surface area contributed by atoms with Gasteiger partial charge in [-0.1, -0.05) is 92.3 Å². The maximum Gasteiger partial charge on any atom is 0.335 e. The number of ether oxygens (including phenoxy) is 3. The van der Waals surface area contributed by atoms with Crippen molar-refractivity contribution in [2.45, 2.75) is 108 Å². The van der Waals surface area contributed by atoms with E-state index < -0.39 is 29.5 Å². The van der Waals surface area contributed by atoms with Gasteiger partial charge in [-0.25, -0.2) is 0 Å². The molecule has 0 saturated carbocycles. The lowest BCUT2D eigenvalue weighted by Crippen LogP contribution is -2.61. The summed E-state index contributed by atoms with van der Waals surface area (Å²) in [7, 11) is -5.47. The van der Waals surface area contributed by atoms with E-state index in [1.807, 2.05) is 30.3 Å². The van der Waals surface area contributed by atoms with Gasteiger partial charge in [-0.05, 0) is 22.2 Å². The van der Waals surface area contributed by atoms with E-state index in [1.54, 1.807) is 0 Å². The zero-order valence-corrected chi connectivity index (χ0v) is 23.9. The number of benzene rings is 1. The third-order valence-corrected chi connectivity index (χ3v) is 17.8. The molecule has 0 amide bonds. The zero-order chi connectivity index (χ0) is 24.8. The van der Waals surface area contributed by atoms with Gasteiger partial charge in [0.15, 0.2) is 12.4 Å². The average molecular weight is 507 g/mol. The Bertz CT molecular complexity index is 842. The van der Waals surface area contributed by atoms with Crippen molar-refractivity contribution in [3.8, 4) is 0 Å². The van der Waals surface area contributed by atoms with Crippen LogP contribution in [0.4, 0.5) is 0 Å². The summed E-state index contributed by atoms with van der Waals surface area (Å²) in [4.78, 5) is 0. The highest BCUT2D eigenvalue weighted by atomic mass is 28.5. The molecule has 3 aliphatic heterocycles. The second-order valence-electron chi connectivity index (χ2n) is 11.1. The van der Waals surface area contributed by atoms with Gasteiger partial charge < -0.3 is 27.2 Å². The van der Waals surface area contributed by atoms with Crippen molar-refractivity contribution in [2.75, 3.05) is 6.61 Å². The first-order valence-corrected chi connectivity index (χ1v) is 16.7. The zero-order valence-electron chi connectivity index (χ0n) is 21.9. The van der Waals surface area contributed by atoms with Crippen LogP contribution in [0.25, 0.3) is 0 Å². The minimum atomic E-state index is -2.74. The topological polar surface area (TPSA) is 55.4 Å². The molecule has 0 aliphatic carbocycles. The molecule has 3 fully saturated rings.